The van der Waals surface area contributed by atoms with Crippen LogP contribution in [0.2, 0.25) is 0 Å². The molecule has 3 rings (SSSR count). The number of aliphatic hydroxyl groups is 1. The van der Waals surface area contributed by atoms with E-state index >= 15 is 0 Å². The van der Waals surface area contributed by atoms with Crippen molar-refractivity contribution in [3.8, 4) is 0 Å². The Hall–Kier alpha value is -1.93. The molecule has 2 aliphatic carbocycles. The Morgan fingerprint density at radius 1 is 1.12 bits per heavy atom. The molecule has 1 N–H and O–H groups in total. The van der Waals surface area contributed by atoms with E-state index in [4.69, 9.17) is 0 Å². The Kier molecular flexibility index (Phi) is 2.13. The first-order chi connectivity index (χ1) is 8.18. The number of carbonyl (C=O) groups is 1. The summed E-state index contributed by atoms with van der Waals surface area (Å²) in [6.07, 6.45) is 4.83. The lowest BCUT2D eigenvalue weighted by Crippen LogP contribution is -2.18. The maximum Gasteiger partial charge on any atom is 0.192 e. The zero-order valence-corrected chi connectivity index (χ0v) is 9.47. The van der Waals surface area contributed by atoms with Gasteiger partial charge in [0.05, 0.1) is 6.10 Å². The van der Waals surface area contributed by atoms with Gasteiger partial charge in [0.2, 0.25) is 0 Å². The van der Waals surface area contributed by atoms with Gasteiger partial charge in [-0.25, -0.2) is 0 Å². The molecule has 2 heteroatoms. The summed E-state index contributed by atoms with van der Waals surface area (Å²) in [4.78, 5) is 12.2. The highest BCUT2D eigenvalue weighted by molar-refractivity contribution is 6.26. The Morgan fingerprint density at radius 2 is 1.88 bits per heavy atom. The third-order valence-electron chi connectivity index (χ3n) is 3.23. The molecule has 1 aromatic carbocycles. The van der Waals surface area contributed by atoms with Crippen molar-refractivity contribution >= 4 is 17.4 Å². The van der Waals surface area contributed by atoms with Gasteiger partial charge in [0.1, 0.15) is 0 Å². The van der Waals surface area contributed by atoms with Crippen LogP contribution in [0.4, 0.5) is 0 Å². The first-order valence-electron chi connectivity index (χ1n) is 5.64. The molecule has 0 heterocycles. The Bertz CT molecular complexity index is 601. The van der Waals surface area contributed by atoms with E-state index in [1.807, 2.05) is 36.4 Å². The van der Waals surface area contributed by atoms with Gasteiger partial charge in [0.25, 0.3) is 0 Å². The fourth-order valence-corrected chi connectivity index (χ4v) is 2.35. The maximum atomic E-state index is 12.2. The number of allylic oxidation sites excluding steroid dienone is 4. The lowest BCUT2D eigenvalue weighted by atomic mass is 9.89. The number of ketones is 1. The fraction of sp³-hybridized carbons (Fsp3) is 0.133. The summed E-state index contributed by atoms with van der Waals surface area (Å²) in [6.45, 7) is 1.62. The number of fused-ring (bicyclic) bond motifs is 3. The zero-order chi connectivity index (χ0) is 12.0. The van der Waals surface area contributed by atoms with Crippen molar-refractivity contribution in [1.82, 2.24) is 0 Å². The van der Waals surface area contributed by atoms with Crippen molar-refractivity contribution in [3.05, 3.63) is 58.7 Å². The number of hydrogen-bond donors (Lipinski definition) is 1. The monoisotopic (exact) mass is 224 g/mol. The minimum atomic E-state index is -0.718. The highest BCUT2D eigenvalue weighted by Gasteiger charge is 2.29. The van der Waals surface area contributed by atoms with Crippen LogP contribution in [-0.4, -0.2) is 17.0 Å². The summed E-state index contributed by atoms with van der Waals surface area (Å²) < 4.78 is 0. The summed E-state index contributed by atoms with van der Waals surface area (Å²) in [5.74, 6) is -0.0614. The summed E-state index contributed by atoms with van der Waals surface area (Å²) in [5, 5.41) is 9.54. The van der Waals surface area contributed by atoms with E-state index in [0.717, 1.165) is 16.7 Å². The number of Topliss-reactive ketones (excluding diaryl/α,β-unsaturated/α-hetero) is 1. The number of rotatable bonds is 1. The largest absolute Gasteiger partial charge is 0.389 e. The molecule has 0 bridgehead atoms. The van der Waals surface area contributed by atoms with E-state index < -0.39 is 6.10 Å². The summed E-state index contributed by atoms with van der Waals surface area (Å²) >= 11 is 0. The lowest BCUT2D eigenvalue weighted by Gasteiger charge is -2.15. The lowest BCUT2D eigenvalue weighted by molar-refractivity contribution is -0.112. The van der Waals surface area contributed by atoms with Crippen LogP contribution >= 0.6 is 0 Å². The highest BCUT2D eigenvalue weighted by atomic mass is 16.3. The second-order valence-corrected chi connectivity index (χ2v) is 4.35. The van der Waals surface area contributed by atoms with Crippen LogP contribution in [0.15, 0.2) is 47.6 Å². The maximum absolute atomic E-state index is 12.2. The van der Waals surface area contributed by atoms with Crippen molar-refractivity contribution in [3.63, 3.8) is 0 Å². The van der Waals surface area contributed by atoms with Crippen molar-refractivity contribution in [1.29, 1.82) is 0 Å². The molecule has 17 heavy (non-hydrogen) atoms. The molecule has 0 saturated carbocycles. The highest BCUT2D eigenvalue weighted by Crippen LogP contribution is 2.39. The molecule has 1 unspecified atom stereocenters. The molecule has 1 atom stereocenters. The first kappa shape index (κ1) is 10.2. The molecule has 0 aliphatic heterocycles. The average Bonchev–Trinajstić information content (AvgIpc) is 2.69. The van der Waals surface area contributed by atoms with E-state index in [0.29, 0.717) is 11.1 Å². The fourth-order valence-electron chi connectivity index (χ4n) is 2.35. The van der Waals surface area contributed by atoms with Crippen LogP contribution in [0.3, 0.4) is 0 Å². The summed E-state index contributed by atoms with van der Waals surface area (Å²) in [6, 6.07) is 7.94. The molecule has 2 aliphatic rings. The standard InChI is InChI=1S/C15H12O2/c1-9(16)11-6-7-13-12-5-3-2-4-10(12)8-14(13)15(11)17/h2-9,16H,1H3. The van der Waals surface area contributed by atoms with E-state index in [9.17, 15) is 9.90 Å². The van der Waals surface area contributed by atoms with Gasteiger partial charge in [0.15, 0.2) is 5.78 Å². The second-order valence-electron chi connectivity index (χ2n) is 4.35. The van der Waals surface area contributed by atoms with Gasteiger partial charge >= 0.3 is 0 Å². The third-order valence-corrected chi connectivity index (χ3v) is 3.23. The van der Waals surface area contributed by atoms with Crippen LogP contribution in [0.25, 0.3) is 11.6 Å². The molecule has 0 aromatic heterocycles. The molecule has 0 fully saturated rings. The van der Waals surface area contributed by atoms with Gasteiger partial charge in [-0.1, -0.05) is 36.4 Å². The first-order valence-corrected chi connectivity index (χ1v) is 5.64. The van der Waals surface area contributed by atoms with Gasteiger partial charge in [0, 0.05) is 11.1 Å². The predicted molar refractivity (Wildman–Crippen MR) is 67.2 cm³/mol. The van der Waals surface area contributed by atoms with Gasteiger partial charge in [-0.3, -0.25) is 4.79 Å². The predicted octanol–water partition coefficient (Wildman–Crippen LogP) is 2.36. The number of benzene rings is 1. The average molecular weight is 224 g/mol. The minimum Gasteiger partial charge on any atom is -0.389 e. The topological polar surface area (TPSA) is 37.3 Å². The van der Waals surface area contributed by atoms with E-state index in [1.54, 1.807) is 13.0 Å². The Morgan fingerprint density at radius 3 is 2.65 bits per heavy atom. The molecule has 2 nitrogen and oxygen atoms in total. The summed E-state index contributed by atoms with van der Waals surface area (Å²) in [7, 11) is 0. The van der Waals surface area contributed by atoms with Crippen LogP contribution in [0.5, 0.6) is 0 Å². The molecule has 84 valence electrons. The molecular weight excluding hydrogens is 212 g/mol. The quantitative estimate of drug-likeness (QED) is 0.795. The molecular formula is C15H12O2. The van der Waals surface area contributed by atoms with E-state index in [-0.39, 0.29) is 5.78 Å². The normalized spacial score (nSPS) is 18.9. The van der Waals surface area contributed by atoms with Gasteiger partial charge in [-0.05, 0) is 29.7 Å². The van der Waals surface area contributed by atoms with Crippen molar-refractivity contribution < 1.29 is 9.90 Å². The van der Waals surface area contributed by atoms with Gasteiger partial charge in [-0.2, -0.15) is 0 Å². The van der Waals surface area contributed by atoms with E-state index in [1.165, 1.54) is 0 Å². The van der Waals surface area contributed by atoms with Crippen LogP contribution < -0.4 is 0 Å². The van der Waals surface area contributed by atoms with Gasteiger partial charge < -0.3 is 5.11 Å². The summed E-state index contributed by atoms with van der Waals surface area (Å²) in [5.41, 5.74) is 4.30. The number of aliphatic hydroxyl groups excluding tert-OH is 1. The van der Waals surface area contributed by atoms with Crippen LogP contribution in [-0.2, 0) is 4.79 Å². The Balaban J connectivity index is 2.16. The smallest absolute Gasteiger partial charge is 0.192 e. The molecule has 0 saturated heterocycles. The molecule has 0 amide bonds. The van der Waals surface area contributed by atoms with E-state index in [2.05, 4.69) is 0 Å². The minimum absolute atomic E-state index is 0.0614. The number of hydrogen-bond acceptors (Lipinski definition) is 2. The Labute approximate surface area is 99.6 Å². The third kappa shape index (κ3) is 1.41. The van der Waals surface area contributed by atoms with Crippen LogP contribution in [0, 0.1) is 0 Å². The van der Waals surface area contributed by atoms with Crippen LogP contribution in [0.1, 0.15) is 18.1 Å². The van der Waals surface area contributed by atoms with Gasteiger partial charge in [-0.15, -0.1) is 0 Å². The molecule has 0 spiro atoms. The molecule has 1 aromatic rings. The van der Waals surface area contributed by atoms with Crippen molar-refractivity contribution in [2.45, 2.75) is 13.0 Å². The molecule has 0 radical (unpaired) electrons. The second kappa shape index (κ2) is 3.54. The SMILES string of the molecule is CC(O)C1=CC=C2C(=Cc3ccccc32)C1=O. The zero-order valence-electron chi connectivity index (χ0n) is 9.47. The number of carbonyl (C=O) groups excluding carboxylic acids is 1. The van der Waals surface area contributed by atoms with Crippen molar-refractivity contribution in [2.75, 3.05) is 0 Å². The van der Waals surface area contributed by atoms with Crippen molar-refractivity contribution in [2.24, 2.45) is 0 Å².